The molecule has 0 heterocycles. The highest BCUT2D eigenvalue weighted by molar-refractivity contribution is 9.10. The van der Waals surface area contributed by atoms with Crippen LogP contribution in [-0.4, -0.2) is 13.1 Å². The predicted octanol–water partition coefficient (Wildman–Crippen LogP) is 3.12. The van der Waals surface area contributed by atoms with Crippen molar-refractivity contribution in [1.29, 1.82) is 0 Å². The summed E-state index contributed by atoms with van der Waals surface area (Å²) in [4.78, 5) is 11.1. The fourth-order valence-electron chi connectivity index (χ4n) is 1.41. The molecule has 0 radical (unpaired) electrons. The number of halogens is 1. The summed E-state index contributed by atoms with van der Waals surface area (Å²) in [5, 5.41) is 0. The van der Waals surface area contributed by atoms with Gasteiger partial charge in [0, 0.05) is 4.47 Å². The lowest BCUT2D eigenvalue weighted by atomic mass is 10.1. The second-order valence-electron chi connectivity index (χ2n) is 3.43. The lowest BCUT2D eigenvalue weighted by Gasteiger charge is -2.05. The minimum atomic E-state index is -0.204. The first-order valence-corrected chi connectivity index (χ1v) is 5.80. The summed E-state index contributed by atoms with van der Waals surface area (Å²) in [5.74, 6) is -0.204. The third-order valence-electron chi connectivity index (χ3n) is 2.21. The van der Waals surface area contributed by atoms with E-state index in [0.717, 1.165) is 22.9 Å². The Kier molecular flexibility index (Phi) is 4.82. The molecule has 3 heteroatoms. The van der Waals surface area contributed by atoms with Gasteiger partial charge in [0.25, 0.3) is 0 Å². The van der Waals surface area contributed by atoms with Crippen LogP contribution in [0.5, 0.6) is 0 Å². The van der Waals surface area contributed by atoms with Gasteiger partial charge in [-0.1, -0.05) is 41.4 Å². The number of benzene rings is 1. The van der Waals surface area contributed by atoms with E-state index in [1.807, 2.05) is 12.1 Å². The van der Waals surface area contributed by atoms with Crippen LogP contribution in [0.2, 0.25) is 0 Å². The number of hydrogen-bond donors (Lipinski definition) is 0. The number of ether oxygens (including phenoxy) is 1. The zero-order chi connectivity index (χ0) is 11.3. The molecule has 2 nitrogen and oxygen atoms in total. The Morgan fingerprint density at radius 2 is 2.20 bits per heavy atom. The van der Waals surface area contributed by atoms with E-state index in [2.05, 4.69) is 33.7 Å². The first-order chi connectivity index (χ1) is 7.17. The monoisotopic (exact) mass is 270 g/mol. The molecule has 0 aliphatic carbocycles. The fourth-order valence-corrected chi connectivity index (χ4v) is 2.04. The van der Waals surface area contributed by atoms with E-state index in [1.54, 1.807) is 0 Å². The first-order valence-electron chi connectivity index (χ1n) is 5.01. The highest BCUT2D eigenvalue weighted by atomic mass is 79.9. The van der Waals surface area contributed by atoms with Gasteiger partial charge in [0.2, 0.25) is 0 Å². The van der Waals surface area contributed by atoms with Crippen molar-refractivity contribution in [3.05, 3.63) is 33.8 Å². The van der Waals surface area contributed by atoms with Gasteiger partial charge in [-0.15, -0.1) is 0 Å². The van der Waals surface area contributed by atoms with Crippen LogP contribution < -0.4 is 0 Å². The van der Waals surface area contributed by atoms with Crippen LogP contribution in [-0.2, 0) is 22.4 Å². The van der Waals surface area contributed by atoms with Crippen molar-refractivity contribution in [2.24, 2.45) is 0 Å². The molecule has 0 spiro atoms. The highest BCUT2D eigenvalue weighted by Gasteiger charge is 2.05. The van der Waals surface area contributed by atoms with Gasteiger partial charge in [-0.3, -0.25) is 4.79 Å². The van der Waals surface area contributed by atoms with E-state index in [4.69, 9.17) is 0 Å². The lowest BCUT2D eigenvalue weighted by Crippen LogP contribution is -2.04. The summed E-state index contributed by atoms with van der Waals surface area (Å²) in [6, 6.07) is 6.03. The van der Waals surface area contributed by atoms with Crippen LogP contribution in [0.4, 0.5) is 0 Å². The van der Waals surface area contributed by atoms with Crippen LogP contribution in [0.3, 0.4) is 0 Å². The predicted molar refractivity (Wildman–Crippen MR) is 63.9 cm³/mol. The van der Waals surface area contributed by atoms with Crippen LogP contribution in [0, 0.1) is 0 Å². The maximum absolute atomic E-state index is 11.1. The Labute approximate surface area is 98.8 Å². The maximum atomic E-state index is 11.1. The molecule has 1 aromatic carbocycles. The SMILES string of the molecule is CCCc1ccc(CC(=O)OC)cc1Br. The molecule has 0 amide bonds. The summed E-state index contributed by atoms with van der Waals surface area (Å²) in [7, 11) is 1.41. The van der Waals surface area contributed by atoms with Crippen molar-refractivity contribution in [2.45, 2.75) is 26.2 Å². The average Bonchev–Trinajstić information content (AvgIpc) is 2.22. The topological polar surface area (TPSA) is 26.3 Å². The highest BCUT2D eigenvalue weighted by Crippen LogP contribution is 2.20. The molecule has 15 heavy (non-hydrogen) atoms. The molecular formula is C12H15BrO2. The molecule has 0 unspecified atom stereocenters. The van der Waals surface area contributed by atoms with Gasteiger partial charge >= 0.3 is 5.97 Å². The summed E-state index contributed by atoms with van der Waals surface area (Å²) in [5.41, 5.74) is 2.26. The van der Waals surface area contributed by atoms with Gasteiger partial charge in [0.1, 0.15) is 0 Å². The van der Waals surface area contributed by atoms with E-state index in [0.29, 0.717) is 6.42 Å². The first kappa shape index (κ1) is 12.2. The molecule has 0 aromatic heterocycles. The van der Waals surface area contributed by atoms with Crippen LogP contribution in [0.1, 0.15) is 24.5 Å². The molecule has 0 saturated heterocycles. The average molecular weight is 271 g/mol. The molecule has 0 N–H and O–H groups in total. The number of esters is 1. The molecule has 0 bridgehead atoms. The van der Waals surface area contributed by atoms with E-state index in [9.17, 15) is 4.79 Å². The van der Waals surface area contributed by atoms with Gasteiger partial charge in [-0.05, 0) is 23.6 Å². The number of methoxy groups -OCH3 is 1. The van der Waals surface area contributed by atoms with Crippen molar-refractivity contribution in [2.75, 3.05) is 7.11 Å². The zero-order valence-electron chi connectivity index (χ0n) is 9.05. The van der Waals surface area contributed by atoms with Crippen molar-refractivity contribution in [1.82, 2.24) is 0 Å². The molecule has 0 aliphatic heterocycles. The maximum Gasteiger partial charge on any atom is 0.309 e. The number of carbonyl (C=O) groups is 1. The fraction of sp³-hybridized carbons (Fsp3) is 0.417. The van der Waals surface area contributed by atoms with Crippen molar-refractivity contribution in [3.8, 4) is 0 Å². The second kappa shape index (κ2) is 5.91. The Balaban J connectivity index is 2.77. The summed E-state index contributed by atoms with van der Waals surface area (Å²) < 4.78 is 5.69. The van der Waals surface area contributed by atoms with E-state index < -0.39 is 0 Å². The minimum absolute atomic E-state index is 0.204. The van der Waals surface area contributed by atoms with E-state index in [1.165, 1.54) is 12.7 Å². The smallest absolute Gasteiger partial charge is 0.309 e. The van der Waals surface area contributed by atoms with Crippen molar-refractivity contribution in [3.63, 3.8) is 0 Å². The zero-order valence-corrected chi connectivity index (χ0v) is 10.6. The Morgan fingerprint density at radius 3 is 2.73 bits per heavy atom. The van der Waals surface area contributed by atoms with Gasteiger partial charge < -0.3 is 4.74 Å². The molecule has 0 fully saturated rings. The third kappa shape index (κ3) is 3.67. The molecule has 1 aromatic rings. The minimum Gasteiger partial charge on any atom is -0.469 e. The van der Waals surface area contributed by atoms with Gasteiger partial charge in [0.15, 0.2) is 0 Å². The quantitative estimate of drug-likeness (QED) is 0.786. The summed E-state index contributed by atoms with van der Waals surface area (Å²) >= 11 is 3.51. The second-order valence-corrected chi connectivity index (χ2v) is 4.28. The van der Waals surface area contributed by atoms with Crippen LogP contribution in [0.15, 0.2) is 22.7 Å². The summed E-state index contributed by atoms with van der Waals surface area (Å²) in [6.45, 7) is 2.15. The van der Waals surface area contributed by atoms with Gasteiger partial charge in [-0.25, -0.2) is 0 Å². The molecule has 82 valence electrons. The van der Waals surface area contributed by atoms with E-state index in [-0.39, 0.29) is 5.97 Å². The van der Waals surface area contributed by atoms with Gasteiger partial charge in [-0.2, -0.15) is 0 Å². The lowest BCUT2D eigenvalue weighted by molar-refractivity contribution is -0.139. The number of rotatable bonds is 4. The van der Waals surface area contributed by atoms with Gasteiger partial charge in [0.05, 0.1) is 13.5 Å². The van der Waals surface area contributed by atoms with Crippen molar-refractivity contribution < 1.29 is 9.53 Å². The molecule has 1 rings (SSSR count). The largest absolute Gasteiger partial charge is 0.469 e. The molecule has 0 saturated carbocycles. The number of aryl methyl sites for hydroxylation is 1. The normalized spacial score (nSPS) is 10.1. The molecule has 0 atom stereocenters. The van der Waals surface area contributed by atoms with E-state index >= 15 is 0 Å². The van der Waals surface area contributed by atoms with Crippen LogP contribution in [0.25, 0.3) is 0 Å². The van der Waals surface area contributed by atoms with Crippen LogP contribution >= 0.6 is 15.9 Å². The standard InChI is InChI=1S/C12H15BrO2/c1-3-4-10-6-5-9(7-11(10)13)8-12(14)15-2/h5-7H,3-4,8H2,1-2H3. The Bertz CT molecular complexity index is 347. The Hall–Kier alpha value is -0.830. The van der Waals surface area contributed by atoms with Crippen molar-refractivity contribution >= 4 is 21.9 Å². The number of hydrogen-bond acceptors (Lipinski definition) is 2. The third-order valence-corrected chi connectivity index (χ3v) is 2.95. The molecule has 0 aliphatic rings. The number of carbonyl (C=O) groups excluding carboxylic acids is 1. The molecular weight excluding hydrogens is 256 g/mol. The summed E-state index contributed by atoms with van der Waals surface area (Å²) in [6.07, 6.45) is 2.51. The Morgan fingerprint density at radius 1 is 1.47 bits per heavy atom.